The third-order valence-corrected chi connectivity index (χ3v) is 9.70. The van der Waals surface area contributed by atoms with E-state index in [0.29, 0.717) is 36.1 Å². The van der Waals surface area contributed by atoms with Gasteiger partial charge in [-0.3, -0.25) is 28.6 Å². The normalized spacial score (nSPS) is 12.5. The molecule has 4 amide bonds. The van der Waals surface area contributed by atoms with Gasteiger partial charge in [0.2, 0.25) is 12.3 Å². The molecule has 272 valence electrons. The lowest BCUT2D eigenvalue weighted by molar-refractivity contribution is -0.200. The number of carbonyl (C=O) groups excluding carboxylic acids is 4. The van der Waals surface area contributed by atoms with E-state index in [1.807, 2.05) is 37.3 Å². The monoisotopic (exact) mass is 712 g/mol. The fourth-order valence-electron chi connectivity index (χ4n) is 5.31. The van der Waals surface area contributed by atoms with Crippen LogP contribution in [-0.4, -0.2) is 61.4 Å². The predicted octanol–water partition coefficient (Wildman–Crippen LogP) is 6.27. The number of rotatable bonds is 23. The minimum Gasteiger partial charge on any atom is -0.451 e. The van der Waals surface area contributed by atoms with Crippen molar-refractivity contribution >= 4 is 31.7 Å². The Morgan fingerprint density at radius 2 is 1.56 bits per heavy atom. The number of hydrogen-bond acceptors (Lipinski definition) is 9. The van der Waals surface area contributed by atoms with Gasteiger partial charge in [0.1, 0.15) is 18.7 Å². The van der Waals surface area contributed by atoms with E-state index in [2.05, 4.69) is 22.9 Å². The number of furan rings is 1. The molecule has 0 aliphatic rings. The number of nitrogens with one attached hydrogen (secondary N) is 3. The van der Waals surface area contributed by atoms with Crippen molar-refractivity contribution in [1.82, 2.24) is 21.0 Å². The van der Waals surface area contributed by atoms with Crippen molar-refractivity contribution in [1.29, 1.82) is 0 Å². The zero-order valence-corrected chi connectivity index (χ0v) is 30.1. The van der Waals surface area contributed by atoms with Gasteiger partial charge in [-0.2, -0.15) is 0 Å². The summed E-state index contributed by atoms with van der Waals surface area (Å²) in [5.74, 6) is -1.40. The van der Waals surface area contributed by atoms with Gasteiger partial charge in [-0.25, -0.2) is 5.06 Å². The van der Waals surface area contributed by atoms with Crippen LogP contribution >= 0.6 is 7.60 Å². The molecule has 50 heavy (non-hydrogen) atoms. The van der Waals surface area contributed by atoms with Crippen LogP contribution in [0, 0.1) is 5.92 Å². The molecule has 0 bridgehead atoms. The number of unbranched alkanes of at least 4 members (excludes halogenated alkanes) is 2. The minimum atomic E-state index is -3.43. The highest BCUT2D eigenvalue weighted by atomic mass is 31.2. The number of amides is 4. The molecule has 0 spiro atoms. The molecule has 13 nitrogen and oxygen atoms in total. The first-order valence-corrected chi connectivity index (χ1v) is 18.7. The summed E-state index contributed by atoms with van der Waals surface area (Å²) >= 11 is 0. The number of nitrogens with zero attached hydrogens (tertiary/aromatic N) is 1. The molecule has 0 unspecified atom stereocenters. The smallest absolute Gasteiger partial charge is 0.349 e. The molecule has 1 heterocycles. The Balaban J connectivity index is 1.57. The van der Waals surface area contributed by atoms with Crippen LogP contribution in [0.15, 0.2) is 71.1 Å². The number of benzene rings is 2. The quantitative estimate of drug-likeness (QED) is 0.0338. The first-order chi connectivity index (χ1) is 24.2. The molecular weight excluding hydrogens is 663 g/mol. The summed E-state index contributed by atoms with van der Waals surface area (Å²) in [6.07, 6.45) is 4.11. The maximum Gasteiger partial charge on any atom is 0.349 e. The largest absolute Gasteiger partial charge is 0.451 e. The molecule has 0 aliphatic heterocycles. The molecule has 0 aliphatic carbocycles. The van der Waals surface area contributed by atoms with Crippen molar-refractivity contribution < 1.29 is 42.0 Å². The molecule has 0 radical (unpaired) electrons. The van der Waals surface area contributed by atoms with Crippen LogP contribution in [0.2, 0.25) is 0 Å². The van der Waals surface area contributed by atoms with Gasteiger partial charge in [0.25, 0.3) is 11.8 Å². The van der Waals surface area contributed by atoms with Gasteiger partial charge in [-0.15, -0.1) is 0 Å². The SMILES string of the molecule is CCCCC[C@@H](C(=O)NCNC(=O)c1ccc(-c2ccc(C(=O)NCP(=O)(OCC)OCC)cc2)o1)[C@@H](CC)N(C=O)OCc1ccccc1. The fraction of sp³-hybridized carbons (Fsp3) is 0.444. The van der Waals surface area contributed by atoms with E-state index in [1.165, 1.54) is 11.1 Å². The van der Waals surface area contributed by atoms with E-state index in [0.717, 1.165) is 24.8 Å². The van der Waals surface area contributed by atoms with Crippen LogP contribution in [0.3, 0.4) is 0 Å². The van der Waals surface area contributed by atoms with Gasteiger partial charge < -0.3 is 29.4 Å². The summed E-state index contributed by atoms with van der Waals surface area (Å²) in [6.45, 7) is 7.77. The van der Waals surface area contributed by atoms with Crippen molar-refractivity contribution in [3.8, 4) is 11.3 Å². The highest BCUT2D eigenvalue weighted by Crippen LogP contribution is 2.46. The lowest BCUT2D eigenvalue weighted by atomic mass is 9.90. The Bertz CT molecular complexity index is 1540. The van der Waals surface area contributed by atoms with Crippen molar-refractivity contribution in [2.75, 3.05) is 26.2 Å². The third kappa shape index (κ3) is 12.2. The zero-order valence-electron chi connectivity index (χ0n) is 29.2. The Morgan fingerprint density at radius 3 is 2.18 bits per heavy atom. The molecule has 0 fully saturated rings. The Morgan fingerprint density at radius 1 is 0.860 bits per heavy atom. The zero-order chi connectivity index (χ0) is 36.4. The molecule has 2 atom stereocenters. The second-order valence-electron chi connectivity index (χ2n) is 11.4. The Hall–Kier alpha value is -4.29. The van der Waals surface area contributed by atoms with E-state index in [1.54, 1.807) is 44.2 Å². The summed E-state index contributed by atoms with van der Waals surface area (Å²) in [5.41, 5.74) is 1.85. The highest BCUT2D eigenvalue weighted by molar-refractivity contribution is 7.53. The van der Waals surface area contributed by atoms with E-state index in [-0.39, 0.29) is 44.4 Å². The van der Waals surface area contributed by atoms with Crippen molar-refractivity contribution in [2.24, 2.45) is 5.92 Å². The molecule has 0 saturated carbocycles. The Kier molecular flexibility index (Phi) is 16.9. The van der Waals surface area contributed by atoms with Crippen LogP contribution in [0.4, 0.5) is 0 Å². The summed E-state index contributed by atoms with van der Waals surface area (Å²) in [4.78, 5) is 56.8. The highest BCUT2D eigenvalue weighted by Gasteiger charge is 2.32. The molecule has 3 N–H and O–H groups in total. The van der Waals surface area contributed by atoms with Gasteiger partial charge in [0, 0.05) is 11.1 Å². The summed E-state index contributed by atoms with van der Waals surface area (Å²) in [7, 11) is -3.43. The standard InChI is InChI=1S/C36H49N4O9P/c1-5-9-11-16-30(31(6-2)40(26-41)46-23-27-14-12-10-13-15-27)35(43)37-24-38-36(44)33-22-21-32(49-33)28-17-19-29(20-18-28)34(42)39-25-50(45,47-7-3)48-8-4/h10,12-15,17-22,26,30-31H,5-9,11,16,23-25H2,1-4H3,(H,37,43)(H,38,44)(H,39,42)/t30-,31-/m1/s1. The van der Waals surface area contributed by atoms with Gasteiger partial charge in [-0.05, 0) is 56.5 Å². The lowest BCUT2D eigenvalue weighted by Crippen LogP contribution is -2.48. The molecular formula is C36H49N4O9P. The number of carbonyl (C=O) groups is 4. The van der Waals surface area contributed by atoms with Crippen LogP contribution < -0.4 is 16.0 Å². The van der Waals surface area contributed by atoms with Crippen LogP contribution in [-0.2, 0) is 34.6 Å². The Labute approximate surface area is 293 Å². The van der Waals surface area contributed by atoms with Crippen LogP contribution in [0.5, 0.6) is 0 Å². The maximum absolute atomic E-state index is 13.4. The van der Waals surface area contributed by atoms with Crippen molar-refractivity contribution in [3.63, 3.8) is 0 Å². The van der Waals surface area contributed by atoms with Gasteiger partial charge in [0.05, 0.1) is 31.8 Å². The minimum absolute atomic E-state index is 0.0334. The summed E-state index contributed by atoms with van der Waals surface area (Å²) < 4.78 is 28.8. The van der Waals surface area contributed by atoms with E-state index >= 15 is 0 Å². The lowest BCUT2D eigenvalue weighted by Gasteiger charge is -2.32. The second-order valence-corrected chi connectivity index (χ2v) is 13.4. The van der Waals surface area contributed by atoms with Gasteiger partial charge in [0.15, 0.2) is 5.76 Å². The van der Waals surface area contributed by atoms with Gasteiger partial charge >= 0.3 is 7.60 Å². The van der Waals surface area contributed by atoms with Gasteiger partial charge in [-0.1, -0.05) is 75.6 Å². The van der Waals surface area contributed by atoms with Crippen LogP contribution in [0.1, 0.15) is 86.3 Å². The van der Waals surface area contributed by atoms with Crippen molar-refractivity contribution in [2.45, 2.75) is 72.4 Å². The third-order valence-electron chi connectivity index (χ3n) is 7.85. The van der Waals surface area contributed by atoms with Crippen molar-refractivity contribution in [3.05, 3.63) is 83.6 Å². The fourth-order valence-corrected chi connectivity index (χ4v) is 6.69. The molecule has 2 aromatic carbocycles. The second kappa shape index (κ2) is 21.0. The van der Waals surface area contributed by atoms with E-state index < -0.39 is 31.4 Å². The average molecular weight is 713 g/mol. The average Bonchev–Trinajstić information content (AvgIpc) is 3.63. The molecule has 1 aromatic heterocycles. The predicted molar refractivity (Wildman–Crippen MR) is 189 cm³/mol. The maximum atomic E-state index is 13.4. The van der Waals surface area contributed by atoms with E-state index in [9.17, 15) is 23.7 Å². The molecule has 0 saturated heterocycles. The molecule has 14 heteroatoms. The summed E-state index contributed by atoms with van der Waals surface area (Å²) in [6, 6.07) is 18.6. The number of hydroxylamine groups is 2. The molecule has 3 rings (SSSR count). The first kappa shape index (κ1) is 40.1. The topological polar surface area (TPSA) is 166 Å². The summed E-state index contributed by atoms with van der Waals surface area (Å²) in [5, 5.41) is 9.25. The van der Waals surface area contributed by atoms with E-state index in [4.69, 9.17) is 18.3 Å². The first-order valence-electron chi connectivity index (χ1n) is 17.0. The number of hydrogen-bond donors (Lipinski definition) is 3. The molecule has 3 aromatic rings. The van der Waals surface area contributed by atoms with Crippen LogP contribution in [0.25, 0.3) is 11.3 Å².